The number of unbranched alkanes of at least 4 members (excludes halogenated alkanes) is 5. The standard InChI is InChI=1S/C24H33N2O3S/c1-4-7-8-9-10-13-16-29-20-17-22(28-6-3)24(18-21(20)27-5-2)30-23-15-12-11-14-19(23)26-25/h11-12,14-15,17-18H,4-10,13,16H2,1-3H3/q+1. The Morgan fingerprint density at radius 2 is 1.43 bits per heavy atom. The van der Waals surface area contributed by atoms with Crippen LogP contribution in [-0.4, -0.2) is 19.8 Å². The third-order valence-electron chi connectivity index (χ3n) is 4.56. The highest BCUT2D eigenvalue weighted by Gasteiger charge is 2.19. The number of benzene rings is 2. The van der Waals surface area contributed by atoms with Crippen LogP contribution in [-0.2, 0) is 0 Å². The van der Waals surface area contributed by atoms with E-state index >= 15 is 0 Å². The maximum atomic E-state index is 9.28. The maximum Gasteiger partial charge on any atom is 0.398 e. The van der Waals surface area contributed by atoms with Crippen LogP contribution in [0.4, 0.5) is 5.69 Å². The predicted octanol–water partition coefficient (Wildman–Crippen LogP) is 7.86. The van der Waals surface area contributed by atoms with E-state index in [-0.39, 0.29) is 0 Å². The van der Waals surface area contributed by atoms with E-state index < -0.39 is 0 Å². The molecular formula is C24H33N2O3S+. The lowest BCUT2D eigenvalue weighted by atomic mass is 10.1. The summed E-state index contributed by atoms with van der Waals surface area (Å²) in [6.45, 7) is 7.90. The average molecular weight is 430 g/mol. The first kappa shape index (κ1) is 23.9. The molecule has 5 nitrogen and oxygen atoms in total. The van der Waals surface area contributed by atoms with E-state index in [0.717, 1.165) is 22.0 Å². The first-order valence-corrected chi connectivity index (χ1v) is 11.7. The summed E-state index contributed by atoms with van der Waals surface area (Å²) < 4.78 is 17.8. The predicted molar refractivity (Wildman–Crippen MR) is 123 cm³/mol. The number of hydrogen-bond acceptors (Lipinski definition) is 5. The number of hydrogen-bond donors (Lipinski definition) is 0. The van der Waals surface area contributed by atoms with E-state index in [1.165, 1.54) is 43.9 Å². The van der Waals surface area contributed by atoms with E-state index in [1.807, 2.05) is 44.2 Å². The zero-order chi connectivity index (χ0) is 21.6. The Morgan fingerprint density at radius 1 is 0.767 bits per heavy atom. The lowest BCUT2D eigenvalue weighted by Crippen LogP contribution is -2.03. The second kappa shape index (κ2) is 13.8. The summed E-state index contributed by atoms with van der Waals surface area (Å²) in [5.74, 6) is 2.14. The molecule has 0 aromatic heterocycles. The molecule has 0 atom stereocenters. The minimum absolute atomic E-state index is 0.520. The van der Waals surface area contributed by atoms with Gasteiger partial charge in [0, 0.05) is 18.2 Å². The van der Waals surface area contributed by atoms with Crippen molar-refractivity contribution in [3.63, 3.8) is 0 Å². The molecule has 2 aromatic rings. The van der Waals surface area contributed by atoms with Gasteiger partial charge in [0.1, 0.15) is 10.6 Å². The topological polar surface area (TPSA) is 55.8 Å². The molecule has 0 saturated carbocycles. The van der Waals surface area contributed by atoms with Crippen molar-refractivity contribution in [1.29, 1.82) is 5.39 Å². The normalized spacial score (nSPS) is 10.5. The van der Waals surface area contributed by atoms with Gasteiger partial charge in [-0.3, -0.25) is 0 Å². The van der Waals surface area contributed by atoms with Gasteiger partial charge in [-0.25, -0.2) is 0 Å². The van der Waals surface area contributed by atoms with Crippen molar-refractivity contribution in [2.45, 2.75) is 69.1 Å². The van der Waals surface area contributed by atoms with Crippen LogP contribution in [0.2, 0.25) is 0 Å². The van der Waals surface area contributed by atoms with Crippen molar-refractivity contribution in [3.05, 3.63) is 41.4 Å². The molecule has 0 spiro atoms. The SMILES string of the molecule is CCCCCCCCOc1cc(OCC)c(Sc2ccccc2[N+]#N)cc1OCC. The fourth-order valence-corrected chi connectivity index (χ4v) is 4.04. The van der Waals surface area contributed by atoms with Gasteiger partial charge < -0.3 is 14.2 Å². The first-order chi connectivity index (χ1) is 14.7. The van der Waals surface area contributed by atoms with Crippen molar-refractivity contribution in [2.75, 3.05) is 19.8 Å². The third-order valence-corrected chi connectivity index (χ3v) is 5.66. The van der Waals surface area contributed by atoms with Crippen LogP contribution in [0.25, 0.3) is 4.98 Å². The highest BCUT2D eigenvalue weighted by Crippen LogP contribution is 2.45. The van der Waals surface area contributed by atoms with Gasteiger partial charge in [-0.15, -0.1) is 0 Å². The van der Waals surface area contributed by atoms with Crippen LogP contribution < -0.4 is 14.2 Å². The van der Waals surface area contributed by atoms with Crippen molar-refractivity contribution < 1.29 is 14.2 Å². The summed E-state index contributed by atoms with van der Waals surface area (Å²) in [5.41, 5.74) is 0.520. The second-order valence-electron chi connectivity index (χ2n) is 6.90. The van der Waals surface area contributed by atoms with E-state index in [9.17, 15) is 5.39 Å². The van der Waals surface area contributed by atoms with Gasteiger partial charge in [0.05, 0.1) is 24.7 Å². The van der Waals surface area contributed by atoms with Gasteiger partial charge in [-0.1, -0.05) is 62.9 Å². The quantitative estimate of drug-likeness (QED) is 0.226. The Kier molecular flexibility index (Phi) is 11.0. The monoisotopic (exact) mass is 429 g/mol. The summed E-state index contributed by atoms with van der Waals surface area (Å²) in [5, 5.41) is 9.28. The van der Waals surface area contributed by atoms with E-state index in [0.29, 0.717) is 37.0 Å². The summed E-state index contributed by atoms with van der Waals surface area (Å²) in [6, 6.07) is 11.3. The summed E-state index contributed by atoms with van der Waals surface area (Å²) in [7, 11) is 0. The molecule has 0 amide bonds. The third kappa shape index (κ3) is 7.46. The van der Waals surface area contributed by atoms with E-state index in [1.54, 1.807) is 6.07 Å². The van der Waals surface area contributed by atoms with Crippen LogP contribution in [0.3, 0.4) is 0 Å². The van der Waals surface area contributed by atoms with Gasteiger partial charge >= 0.3 is 5.69 Å². The molecule has 0 aliphatic rings. The van der Waals surface area contributed by atoms with E-state index in [2.05, 4.69) is 11.9 Å². The smallest absolute Gasteiger partial charge is 0.398 e. The Morgan fingerprint density at radius 3 is 2.17 bits per heavy atom. The molecule has 0 unspecified atom stereocenters. The minimum Gasteiger partial charge on any atom is -0.493 e. The molecule has 2 rings (SSSR count). The number of diazo groups is 1. The number of ether oxygens (including phenoxy) is 3. The van der Waals surface area contributed by atoms with Gasteiger partial charge in [0.2, 0.25) is 5.39 Å². The Hall–Kier alpha value is -2.39. The lowest BCUT2D eigenvalue weighted by molar-refractivity contribution is 0.265. The largest absolute Gasteiger partial charge is 0.493 e. The van der Waals surface area contributed by atoms with Crippen molar-refractivity contribution in [2.24, 2.45) is 0 Å². The van der Waals surface area contributed by atoms with Crippen molar-refractivity contribution >= 4 is 17.4 Å². The van der Waals surface area contributed by atoms with Crippen LogP contribution in [0.1, 0.15) is 59.3 Å². The van der Waals surface area contributed by atoms with Crippen molar-refractivity contribution in [3.8, 4) is 17.2 Å². The molecule has 162 valence electrons. The molecule has 0 heterocycles. The average Bonchev–Trinajstić information content (AvgIpc) is 2.76. The highest BCUT2D eigenvalue weighted by molar-refractivity contribution is 7.99. The Bertz CT molecular complexity index is 821. The maximum absolute atomic E-state index is 9.28. The van der Waals surface area contributed by atoms with Gasteiger partial charge in [0.15, 0.2) is 16.5 Å². The van der Waals surface area contributed by atoms with Crippen molar-refractivity contribution in [1.82, 2.24) is 0 Å². The number of rotatable bonds is 14. The fraction of sp³-hybridized carbons (Fsp3) is 0.500. The highest BCUT2D eigenvalue weighted by atomic mass is 32.2. The van der Waals surface area contributed by atoms with Gasteiger partial charge in [-0.2, -0.15) is 0 Å². The van der Waals surface area contributed by atoms with Crippen LogP contribution >= 0.6 is 11.8 Å². The Labute approximate surface area is 184 Å². The molecule has 0 bridgehead atoms. The molecule has 0 aliphatic carbocycles. The summed E-state index contributed by atoms with van der Waals surface area (Å²) >= 11 is 1.48. The molecule has 0 aliphatic heterocycles. The van der Waals surface area contributed by atoms with E-state index in [4.69, 9.17) is 14.2 Å². The molecule has 0 radical (unpaired) electrons. The first-order valence-electron chi connectivity index (χ1n) is 10.9. The molecule has 0 fully saturated rings. The lowest BCUT2D eigenvalue weighted by Gasteiger charge is -2.17. The fourth-order valence-electron chi connectivity index (χ4n) is 3.06. The molecular weight excluding hydrogens is 396 g/mol. The minimum atomic E-state index is 0.520. The summed E-state index contributed by atoms with van der Waals surface area (Å²) in [4.78, 5) is 5.11. The van der Waals surface area contributed by atoms with Gasteiger partial charge in [-0.05, 0) is 26.3 Å². The zero-order valence-corrected chi connectivity index (χ0v) is 19.2. The van der Waals surface area contributed by atoms with Crippen LogP contribution in [0.5, 0.6) is 17.2 Å². The second-order valence-corrected chi connectivity index (χ2v) is 7.98. The molecule has 30 heavy (non-hydrogen) atoms. The van der Waals surface area contributed by atoms with Gasteiger partial charge in [0.25, 0.3) is 0 Å². The molecule has 0 saturated heterocycles. The van der Waals surface area contributed by atoms with Crippen LogP contribution in [0, 0.1) is 5.39 Å². The number of nitrogens with zero attached hydrogens (tertiary/aromatic N) is 2. The molecule has 2 aromatic carbocycles. The molecule has 0 N–H and O–H groups in total. The Balaban J connectivity index is 2.16. The van der Waals surface area contributed by atoms with Crippen LogP contribution in [0.15, 0.2) is 46.2 Å². The zero-order valence-electron chi connectivity index (χ0n) is 18.4. The summed E-state index contributed by atoms with van der Waals surface area (Å²) in [6.07, 6.45) is 7.32. The molecule has 6 heteroatoms.